The van der Waals surface area contributed by atoms with Crippen LogP contribution >= 0.6 is 0 Å². The molecule has 8 rings (SSSR count). The molecule has 0 bridgehead atoms. The zero-order valence-corrected chi connectivity index (χ0v) is 33.6. The van der Waals surface area contributed by atoms with Crippen LogP contribution in [0.2, 0.25) is 0 Å². The van der Waals surface area contributed by atoms with Gasteiger partial charge < -0.3 is 28.4 Å². The van der Waals surface area contributed by atoms with Gasteiger partial charge in [-0.05, 0) is 59.0 Å². The fourth-order valence-corrected chi connectivity index (χ4v) is 8.87. The summed E-state index contributed by atoms with van der Waals surface area (Å²) < 4.78 is 69.8. The summed E-state index contributed by atoms with van der Waals surface area (Å²) in [6.45, 7) is 3.15. The maximum absolute atomic E-state index is 14.0. The third-order valence-corrected chi connectivity index (χ3v) is 12.2. The average Bonchev–Trinajstić information content (AvgIpc) is 3.71. The number of ether oxygens (including phenoxy) is 6. The largest absolute Gasteiger partial charge is 0.462 e. The second-order valence-corrected chi connectivity index (χ2v) is 16.3. The van der Waals surface area contributed by atoms with Crippen LogP contribution in [0.3, 0.4) is 0 Å². The Kier molecular flexibility index (Phi) is 12.9. The van der Waals surface area contributed by atoms with Crippen molar-refractivity contribution in [2.45, 2.75) is 69.0 Å². The van der Waals surface area contributed by atoms with Gasteiger partial charge in [0.1, 0.15) is 30.2 Å². The minimum atomic E-state index is -3.92. The van der Waals surface area contributed by atoms with Crippen LogP contribution in [0.1, 0.15) is 27.8 Å². The monoisotopic (exact) mass is 809 g/mol. The first-order valence-corrected chi connectivity index (χ1v) is 21.2. The van der Waals surface area contributed by atoms with Crippen molar-refractivity contribution in [1.82, 2.24) is 3.97 Å². The number of aryl methyl sites for hydroxylation is 1. The van der Waals surface area contributed by atoms with Gasteiger partial charge in [-0.25, -0.2) is 12.4 Å². The zero-order valence-electron chi connectivity index (χ0n) is 32.8. The predicted octanol–water partition coefficient (Wildman–Crippen LogP) is 9.26. The quantitative estimate of drug-likeness (QED) is 0.0899. The van der Waals surface area contributed by atoms with Gasteiger partial charge >= 0.3 is 0 Å². The summed E-state index contributed by atoms with van der Waals surface area (Å²) in [6.07, 6.45) is -2.24. The molecule has 10 heteroatoms. The van der Waals surface area contributed by atoms with Gasteiger partial charge in [0, 0.05) is 17.6 Å². The molecule has 0 spiro atoms. The third-order valence-electron chi connectivity index (χ3n) is 10.4. The molecule has 2 heterocycles. The molecule has 0 saturated carbocycles. The molecule has 0 radical (unpaired) electrons. The molecule has 1 aliphatic rings. The molecule has 5 atom stereocenters. The molecule has 59 heavy (non-hydrogen) atoms. The molecule has 0 amide bonds. The lowest BCUT2D eigenvalue weighted by molar-refractivity contribution is -0.310. The van der Waals surface area contributed by atoms with Gasteiger partial charge in [0.15, 0.2) is 0 Å². The number of nitrogens with zero attached hydrogens (tertiary/aromatic N) is 1. The zero-order chi connectivity index (χ0) is 40.4. The standard InChI is InChI=1S/C49H47NO8S/c1-36-16-14-15-25-45(36)59(51,52)50-29-28-41-26-27-42(30-43(41)50)57-49-48(56-34-40-23-12-5-13-24-40)47(55-33-39-21-10-4-11-22-39)46(54-32-38-19-8-3-9-20-38)44(58-49)35-53-31-37-17-6-2-7-18-37/h2-30,44,46-49H,31-35H2,1H3/t44-,46-,47+,48-,49?/m1/s1. The van der Waals surface area contributed by atoms with Crippen molar-refractivity contribution in [1.29, 1.82) is 0 Å². The van der Waals surface area contributed by atoms with Gasteiger partial charge in [0.2, 0.25) is 6.29 Å². The predicted molar refractivity (Wildman–Crippen MR) is 226 cm³/mol. The van der Waals surface area contributed by atoms with E-state index in [0.29, 0.717) is 30.0 Å². The van der Waals surface area contributed by atoms with Crippen LogP contribution in [-0.4, -0.2) is 49.7 Å². The van der Waals surface area contributed by atoms with Crippen LogP contribution in [-0.2, 0) is 60.1 Å². The maximum atomic E-state index is 14.0. The van der Waals surface area contributed by atoms with E-state index in [-0.39, 0.29) is 24.7 Å². The molecule has 7 aromatic rings. The molecule has 1 fully saturated rings. The van der Waals surface area contributed by atoms with Crippen LogP contribution in [0, 0.1) is 6.92 Å². The summed E-state index contributed by atoms with van der Waals surface area (Å²) in [5.41, 5.74) is 5.09. The molecular weight excluding hydrogens is 763 g/mol. The van der Waals surface area contributed by atoms with Crippen molar-refractivity contribution in [3.63, 3.8) is 0 Å². The summed E-state index contributed by atoms with van der Waals surface area (Å²) >= 11 is 0. The van der Waals surface area contributed by atoms with Crippen molar-refractivity contribution in [3.05, 3.63) is 204 Å². The average molecular weight is 810 g/mol. The lowest BCUT2D eigenvalue weighted by Crippen LogP contribution is -2.62. The van der Waals surface area contributed by atoms with E-state index in [4.69, 9.17) is 28.4 Å². The van der Waals surface area contributed by atoms with Gasteiger partial charge in [0.25, 0.3) is 10.0 Å². The number of aromatic nitrogens is 1. The lowest BCUT2D eigenvalue weighted by Gasteiger charge is -2.45. The number of hydrogen-bond acceptors (Lipinski definition) is 8. The van der Waals surface area contributed by atoms with Crippen molar-refractivity contribution < 1.29 is 36.8 Å². The summed E-state index contributed by atoms with van der Waals surface area (Å²) in [5, 5.41) is 0.738. The molecule has 1 aromatic heterocycles. The van der Waals surface area contributed by atoms with Gasteiger partial charge in [-0.15, -0.1) is 0 Å². The molecule has 9 nitrogen and oxygen atoms in total. The maximum Gasteiger partial charge on any atom is 0.268 e. The second-order valence-electron chi connectivity index (χ2n) is 14.5. The second kappa shape index (κ2) is 19.0. The first-order chi connectivity index (χ1) is 28.9. The van der Waals surface area contributed by atoms with Crippen LogP contribution in [0.15, 0.2) is 181 Å². The number of fused-ring (bicyclic) bond motifs is 1. The number of hydrogen-bond donors (Lipinski definition) is 0. The molecule has 302 valence electrons. The van der Waals surface area contributed by atoms with Crippen LogP contribution in [0.4, 0.5) is 0 Å². The Labute approximate surface area is 345 Å². The molecule has 1 unspecified atom stereocenters. The summed E-state index contributed by atoms with van der Waals surface area (Å²) in [5.74, 6) is 0.394. The Morgan fingerprint density at radius 1 is 0.559 bits per heavy atom. The normalized spacial score (nSPS) is 19.4. The fraction of sp³-hybridized carbons (Fsp3) is 0.224. The molecule has 6 aromatic carbocycles. The van der Waals surface area contributed by atoms with E-state index in [1.54, 1.807) is 43.5 Å². The number of benzene rings is 6. The van der Waals surface area contributed by atoms with Crippen LogP contribution in [0.25, 0.3) is 10.9 Å². The van der Waals surface area contributed by atoms with Crippen LogP contribution in [0.5, 0.6) is 5.75 Å². The van der Waals surface area contributed by atoms with E-state index in [9.17, 15) is 8.42 Å². The minimum Gasteiger partial charge on any atom is -0.462 e. The minimum absolute atomic E-state index is 0.168. The van der Waals surface area contributed by atoms with E-state index in [2.05, 4.69) is 0 Å². The van der Waals surface area contributed by atoms with Gasteiger partial charge in [0.05, 0.1) is 43.4 Å². The van der Waals surface area contributed by atoms with E-state index in [0.717, 1.165) is 27.6 Å². The summed E-state index contributed by atoms with van der Waals surface area (Å²) in [4.78, 5) is 0.229. The molecule has 1 saturated heterocycles. The Balaban J connectivity index is 1.16. The van der Waals surface area contributed by atoms with E-state index < -0.39 is 40.7 Å². The van der Waals surface area contributed by atoms with Gasteiger partial charge in [-0.3, -0.25) is 0 Å². The SMILES string of the molecule is Cc1ccccc1S(=O)(=O)n1ccc2ccc(OC3O[C@H](COCc4ccccc4)[C@@H](OCc4ccccc4)[C@H](OCc4ccccc4)[C@H]3OCc3ccccc3)cc21. The van der Waals surface area contributed by atoms with Gasteiger partial charge in [-0.2, -0.15) is 0 Å². The third kappa shape index (κ3) is 9.83. The van der Waals surface area contributed by atoms with Gasteiger partial charge in [-0.1, -0.05) is 140 Å². The molecule has 0 aliphatic carbocycles. The highest BCUT2D eigenvalue weighted by Gasteiger charge is 2.50. The molecule has 0 N–H and O–H groups in total. The topological polar surface area (TPSA) is 94.5 Å². The fourth-order valence-electron chi connectivity index (χ4n) is 7.29. The Morgan fingerprint density at radius 3 is 1.64 bits per heavy atom. The highest BCUT2D eigenvalue weighted by atomic mass is 32.2. The Bertz CT molecular complexity index is 2500. The van der Waals surface area contributed by atoms with Crippen molar-refractivity contribution in [2.75, 3.05) is 6.61 Å². The Hall–Kier alpha value is -5.59. The number of rotatable bonds is 17. The van der Waals surface area contributed by atoms with E-state index in [1.165, 1.54) is 3.97 Å². The lowest BCUT2D eigenvalue weighted by atomic mass is 9.97. The first kappa shape index (κ1) is 40.2. The Morgan fingerprint density at radius 2 is 1.07 bits per heavy atom. The summed E-state index contributed by atoms with van der Waals surface area (Å²) in [7, 11) is -3.92. The van der Waals surface area contributed by atoms with Crippen molar-refractivity contribution >= 4 is 20.9 Å². The highest BCUT2D eigenvalue weighted by molar-refractivity contribution is 7.90. The van der Waals surface area contributed by atoms with Crippen molar-refractivity contribution in [2.24, 2.45) is 0 Å². The van der Waals surface area contributed by atoms with Crippen molar-refractivity contribution in [3.8, 4) is 5.75 Å². The summed E-state index contributed by atoms with van der Waals surface area (Å²) in [6, 6.07) is 53.9. The van der Waals surface area contributed by atoms with E-state index in [1.807, 2.05) is 140 Å². The molecular formula is C49H47NO8S. The van der Waals surface area contributed by atoms with E-state index >= 15 is 0 Å². The first-order valence-electron chi connectivity index (χ1n) is 19.7. The van der Waals surface area contributed by atoms with Crippen LogP contribution < -0.4 is 4.74 Å². The highest BCUT2D eigenvalue weighted by Crippen LogP contribution is 2.34. The smallest absolute Gasteiger partial charge is 0.268 e. The molecule has 1 aliphatic heterocycles.